The van der Waals surface area contributed by atoms with Crippen molar-refractivity contribution in [3.63, 3.8) is 0 Å². The topological polar surface area (TPSA) is 47.9 Å². The predicted octanol–water partition coefficient (Wildman–Crippen LogP) is 7.24. The first-order chi connectivity index (χ1) is 14.9. The highest BCUT2D eigenvalue weighted by atomic mass is 127. The van der Waals surface area contributed by atoms with Crippen LogP contribution < -0.4 is 4.74 Å². The SMILES string of the molecule is O=C1OC(c2cccc(Br)c2)=N/C1=C\c1cc(I)c(OCc2ccc(Cl)cc2)c(I)c1. The third-order valence-electron chi connectivity index (χ3n) is 4.31. The molecule has 3 aromatic rings. The third kappa shape index (κ3) is 5.68. The van der Waals surface area contributed by atoms with E-state index in [0.717, 1.165) is 34.1 Å². The van der Waals surface area contributed by atoms with Crippen LogP contribution in [0.25, 0.3) is 6.08 Å². The summed E-state index contributed by atoms with van der Waals surface area (Å²) in [5, 5.41) is 0.696. The van der Waals surface area contributed by atoms with Gasteiger partial charge in [0.1, 0.15) is 12.4 Å². The maximum atomic E-state index is 12.3. The van der Waals surface area contributed by atoms with Crippen molar-refractivity contribution in [3.8, 4) is 5.75 Å². The molecule has 0 aromatic heterocycles. The monoisotopic (exact) mass is 719 g/mol. The van der Waals surface area contributed by atoms with Gasteiger partial charge in [-0.05, 0) is 105 Å². The van der Waals surface area contributed by atoms with Gasteiger partial charge in [-0.25, -0.2) is 9.79 Å². The second kappa shape index (κ2) is 10.0. The molecule has 0 unspecified atom stereocenters. The Kier molecular flexibility index (Phi) is 7.35. The van der Waals surface area contributed by atoms with Gasteiger partial charge in [-0.15, -0.1) is 0 Å². The molecule has 4 rings (SSSR count). The number of ether oxygens (including phenoxy) is 2. The van der Waals surface area contributed by atoms with E-state index in [1.165, 1.54) is 0 Å². The van der Waals surface area contributed by atoms with Crippen LogP contribution >= 0.6 is 72.7 Å². The summed E-state index contributed by atoms with van der Waals surface area (Å²) in [6.45, 7) is 0.441. The molecule has 0 N–H and O–H groups in total. The molecule has 1 heterocycles. The van der Waals surface area contributed by atoms with Gasteiger partial charge in [-0.2, -0.15) is 0 Å². The van der Waals surface area contributed by atoms with Gasteiger partial charge in [0.25, 0.3) is 0 Å². The lowest BCUT2D eigenvalue weighted by Crippen LogP contribution is -2.05. The van der Waals surface area contributed by atoms with Crippen molar-refractivity contribution in [2.75, 3.05) is 0 Å². The summed E-state index contributed by atoms with van der Waals surface area (Å²) in [4.78, 5) is 16.7. The molecule has 0 radical (unpaired) electrons. The minimum atomic E-state index is -0.469. The van der Waals surface area contributed by atoms with Gasteiger partial charge in [0, 0.05) is 15.1 Å². The number of benzene rings is 3. The van der Waals surface area contributed by atoms with Crippen molar-refractivity contribution in [1.82, 2.24) is 0 Å². The molecule has 31 heavy (non-hydrogen) atoms. The molecule has 0 saturated carbocycles. The second-order valence-electron chi connectivity index (χ2n) is 6.58. The lowest BCUT2D eigenvalue weighted by Gasteiger charge is -2.11. The lowest BCUT2D eigenvalue weighted by molar-refractivity contribution is -0.129. The van der Waals surface area contributed by atoms with E-state index in [9.17, 15) is 4.79 Å². The molecular formula is C23H13BrClI2NO3. The van der Waals surface area contributed by atoms with Crippen molar-refractivity contribution >= 4 is 90.7 Å². The van der Waals surface area contributed by atoms with Crippen LogP contribution in [0.2, 0.25) is 5.02 Å². The van der Waals surface area contributed by atoms with E-state index >= 15 is 0 Å². The van der Waals surface area contributed by atoms with E-state index in [2.05, 4.69) is 66.1 Å². The summed E-state index contributed by atoms with van der Waals surface area (Å²) in [6, 6.07) is 18.9. The summed E-state index contributed by atoms with van der Waals surface area (Å²) >= 11 is 13.8. The molecule has 0 saturated heterocycles. The molecule has 8 heteroatoms. The van der Waals surface area contributed by atoms with E-state index in [1.807, 2.05) is 60.7 Å². The molecule has 0 fully saturated rings. The number of hydrogen-bond acceptors (Lipinski definition) is 4. The zero-order valence-corrected chi connectivity index (χ0v) is 22.4. The number of aliphatic imine (C=N–C) groups is 1. The summed E-state index contributed by atoms with van der Waals surface area (Å²) in [5.74, 6) is 0.624. The Labute approximate surface area is 220 Å². The summed E-state index contributed by atoms with van der Waals surface area (Å²) in [6.07, 6.45) is 1.72. The van der Waals surface area contributed by atoms with Crippen molar-refractivity contribution in [2.45, 2.75) is 6.61 Å². The minimum Gasteiger partial charge on any atom is -0.487 e. The first-order valence-corrected chi connectivity index (χ1v) is 12.4. The quantitative estimate of drug-likeness (QED) is 0.159. The Balaban J connectivity index is 1.55. The van der Waals surface area contributed by atoms with Gasteiger partial charge in [0.2, 0.25) is 5.90 Å². The van der Waals surface area contributed by atoms with Crippen LogP contribution in [0.5, 0.6) is 5.75 Å². The lowest BCUT2D eigenvalue weighted by atomic mass is 10.2. The molecule has 156 valence electrons. The van der Waals surface area contributed by atoms with Crippen molar-refractivity contribution in [2.24, 2.45) is 4.99 Å². The van der Waals surface area contributed by atoms with Crippen molar-refractivity contribution in [1.29, 1.82) is 0 Å². The molecule has 1 aliphatic heterocycles. The molecule has 0 spiro atoms. The smallest absolute Gasteiger partial charge is 0.363 e. The Morgan fingerprint density at radius 3 is 2.45 bits per heavy atom. The first kappa shape index (κ1) is 22.8. The van der Waals surface area contributed by atoms with Crippen LogP contribution in [0.3, 0.4) is 0 Å². The molecule has 0 aliphatic carbocycles. The Bertz CT molecular complexity index is 1200. The number of hydrogen-bond donors (Lipinski definition) is 0. The van der Waals surface area contributed by atoms with E-state index in [4.69, 9.17) is 21.1 Å². The van der Waals surface area contributed by atoms with Crippen molar-refractivity contribution < 1.29 is 14.3 Å². The fourth-order valence-electron chi connectivity index (χ4n) is 2.85. The Morgan fingerprint density at radius 2 is 1.77 bits per heavy atom. The maximum Gasteiger partial charge on any atom is 0.363 e. The van der Waals surface area contributed by atoms with Gasteiger partial charge in [0.15, 0.2) is 5.70 Å². The number of cyclic esters (lactones) is 1. The normalized spacial score (nSPS) is 14.5. The number of carbonyl (C=O) groups is 1. The largest absolute Gasteiger partial charge is 0.487 e. The number of nitrogens with zero attached hydrogens (tertiary/aromatic N) is 1. The van der Waals surface area contributed by atoms with Gasteiger partial charge < -0.3 is 9.47 Å². The minimum absolute atomic E-state index is 0.261. The maximum absolute atomic E-state index is 12.3. The van der Waals surface area contributed by atoms with Crippen molar-refractivity contribution in [3.05, 3.63) is 99.7 Å². The van der Waals surface area contributed by atoms with Gasteiger partial charge in [0.05, 0.1) is 7.14 Å². The summed E-state index contributed by atoms with van der Waals surface area (Å²) < 4.78 is 14.1. The Hall–Kier alpha value is -1.43. The van der Waals surface area contributed by atoms with Crippen LogP contribution in [0, 0.1) is 7.14 Å². The highest BCUT2D eigenvalue weighted by Crippen LogP contribution is 2.31. The van der Waals surface area contributed by atoms with Crippen LogP contribution in [0.15, 0.2) is 75.8 Å². The van der Waals surface area contributed by atoms with Gasteiger partial charge in [-0.3, -0.25) is 0 Å². The number of carbonyl (C=O) groups excluding carboxylic acids is 1. The fraction of sp³-hybridized carbons (Fsp3) is 0.0435. The Morgan fingerprint density at radius 1 is 1.06 bits per heavy atom. The average molecular weight is 721 g/mol. The van der Waals surface area contributed by atoms with E-state index in [1.54, 1.807) is 6.08 Å². The summed E-state index contributed by atoms with van der Waals surface area (Å²) in [7, 11) is 0. The number of rotatable bonds is 5. The van der Waals surface area contributed by atoms with E-state index < -0.39 is 5.97 Å². The van der Waals surface area contributed by atoms with Crippen LogP contribution in [-0.4, -0.2) is 11.9 Å². The van der Waals surface area contributed by atoms with Crippen LogP contribution in [-0.2, 0) is 16.1 Å². The predicted molar refractivity (Wildman–Crippen MR) is 142 cm³/mol. The molecule has 0 atom stereocenters. The molecular weight excluding hydrogens is 707 g/mol. The number of esters is 1. The van der Waals surface area contributed by atoms with E-state index in [-0.39, 0.29) is 5.70 Å². The average Bonchev–Trinajstić information content (AvgIpc) is 3.09. The fourth-order valence-corrected chi connectivity index (χ4v) is 5.50. The third-order valence-corrected chi connectivity index (χ3v) is 6.66. The molecule has 3 aromatic carbocycles. The standard InChI is InChI=1S/C23H13BrClI2NO3/c24-16-3-1-2-15(11-16)22-28-20(23(29)31-22)10-14-8-18(26)21(19(27)9-14)30-12-13-4-6-17(25)7-5-13/h1-11H,12H2/b20-10-. The van der Waals surface area contributed by atoms with Crippen LogP contribution in [0.1, 0.15) is 16.7 Å². The summed E-state index contributed by atoms with van der Waals surface area (Å²) in [5.41, 5.74) is 2.88. The molecule has 0 bridgehead atoms. The van der Waals surface area contributed by atoms with Gasteiger partial charge >= 0.3 is 5.97 Å². The van der Waals surface area contributed by atoms with Crippen LogP contribution in [0.4, 0.5) is 0 Å². The van der Waals surface area contributed by atoms with Gasteiger partial charge in [-0.1, -0.05) is 45.7 Å². The highest BCUT2D eigenvalue weighted by Gasteiger charge is 2.24. The molecule has 0 amide bonds. The highest BCUT2D eigenvalue weighted by molar-refractivity contribution is 14.1. The first-order valence-electron chi connectivity index (χ1n) is 9.04. The number of halogens is 4. The zero-order chi connectivity index (χ0) is 22.0. The van der Waals surface area contributed by atoms with E-state index in [0.29, 0.717) is 17.5 Å². The second-order valence-corrected chi connectivity index (χ2v) is 10.3. The molecule has 1 aliphatic rings. The molecule has 4 nitrogen and oxygen atoms in total. The zero-order valence-electron chi connectivity index (χ0n) is 15.7.